The van der Waals surface area contributed by atoms with Crippen LogP contribution in [-0.4, -0.2) is 140 Å². The standard InChI is InChI=1S/C53H81NO15/c1-33-14-10-9-12-24-52(7,64)30-36(4)43(59)29-42(58)34(2)17-20-39(57)28-45(35(3)26-38-19-23-44(46(27-38)66-8)68-50(63)51(6,31-55)32-56)67-49(62)41-15-11-13-25-54(41)48(61)47(60)53(65)37(5)18-22-40(69-53)21-16-33/h9-10,12,14,17,24,35-38,40-42,44-46,55-56,58,64-65H,11,13,15-16,18-23,25-32H2,1-8H3/b10-9+,24-12+,33-14+,34-17+/t35-,36-,37-,38+,40?,41+,42+,44-,45+,46-,52+,53-/m1/s1. The number of aliphatic hydroxyl groups excluding tert-OH is 3. The van der Waals surface area contributed by atoms with E-state index in [-0.39, 0.29) is 56.1 Å². The fourth-order valence-corrected chi connectivity index (χ4v) is 9.84. The number of nitrogens with zero attached hydrogens (tertiary/aromatic N) is 1. The minimum absolute atomic E-state index is 0.0217. The zero-order valence-electron chi connectivity index (χ0n) is 42.2. The van der Waals surface area contributed by atoms with Gasteiger partial charge in [-0.25, -0.2) is 4.79 Å². The van der Waals surface area contributed by atoms with E-state index in [0.717, 1.165) is 5.57 Å². The van der Waals surface area contributed by atoms with Crippen LogP contribution in [0.3, 0.4) is 0 Å². The Morgan fingerprint density at radius 1 is 0.942 bits per heavy atom. The van der Waals surface area contributed by atoms with Crippen LogP contribution in [0.4, 0.5) is 0 Å². The number of hydrogen-bond donors (Lipinski definition) is 5. The van der Waals surface area contributed by atoms with Gasteiger partial charge in [0.15, 0.2) is 0 Å². The van der Waals surface area contributed by atoms with Gasteiger partial charge in [-0.15, -0.1) is 0 Å². The number of ether oxygens (including phenoxy) is 4. The predicted octanol–water partition coefficient (Wildman–Crippen LogP) is 5.34. The van der Waals surface area contributed by atoms with Gasteiger partial charge in [0.25, 0.3) is 11.7 Å². The molecule has 0 aromatic carbocycles. The molecule has 0 aromatic rings. The Kier molecular flexibility index (Phi) is 21.7. The van der Waals surface area contributed by atoms with Gasteiger partial charge < -0.3 is 49.4 Å². The molecule has 1 saturated carbocycles. The number of piperidine rings is 1. The van der Waals surface area contributed by atoms with Crippen LogP contribution in [0, 0.1) is 29.1 Å². The monoisotopic (exact) mass is 972 g/mol. The quantitative estimate of drug-likeness (QED) is 0.117. The highest BCUT2D eigenvalue weighted by Gasteiger charge is 2.53. The van der Waals surface area contributed by atoms with E-state index in [9.17, 15) is 54.3 Å². The maximum atomic E-state index is 14.4. The van der Waals surface area contributed by atoms with Gasteiger partial charge in [0.2, 0.25) is 5.79 Å². The van der Waals surface area contributed by atoms with Crippen molar-refractivity contribution in [3.05, 3.63) is 47.6 Å². The van der Waals surface area contributed by atoms with E-state index in [4.69, 9.17) is 18.9 Å². The van der Waals surface area contributed by atoms with Crippen LogP contribution < -0.4 is 0 Å². The van der Waals surface area contributed by atoms with Crippen molar-refractivity contribution in [2.45, 2.75) is 193 Å². The molecule has 0 aromatic heterocycles. The first-order valence-corrected chi connectivity index (χ1v) is 25.0. The molecule has 3 aliphatic heterocycles. The Morgan fingerprint density at radius 3 is 2.33 bits per heavy atom. The molecule has 0 spiro atoms. The first-order valence-electron chi connectivity index (χ1n) is 25.0. The molecule has 69 heavy (non-hydrogen) atoms. The predicted molar refractivity (Wildman–Crippen MR) is 256 cm³/mol. The van der Waals surface area contributed by atoms with Crippen LogP contribution >= 0.6 is 0 Å². The van der Waals surface area contributed by atoms with E-state index in [2.05, 4.69) is 0 Å². The van der Waals surface area contributed by atoms with Crippen molar-refractivity contribution in [1.29, 1.82) is 0 Å². The highest BCUT2D eigenvalue weighted by Crippen LogP contribution is 2.38. The van der Waals surface area contributed by atoms with Gasteiger partial charge in [0.1, 0.15) is 35.2 Å². The SMILES string of the molecule is CO[C@@H]1C[C@H](C[C@@H](C)[C@@H]2CC(=O)C/C=C(\C)[C@@H](O)CC(=O)[C@H](C)C[C@@](C)(O)/C=C/C=C/C=C(\C)CCC3CC[C@@H](C)[C@@](O)(O3)C(=O)C(=O)N3CCCC[C@H]3C(=O)O2)CC[C@H]1OC(=O)C(C)(CO)CO. The second-order valence-electron chi connectivity index (χ2n) is 21.1. The number of esters is 2. The lowest BCUT2D eigenvalue weighted by atomic mass is 9.78. The summed E-state index contributed by atoms with van der Waals surface area (Å²) in [5, 5.41) is 53.4. The molecular formula is C53H81NO15. The molecule has 4 aliphatic rings. The van der Waals surface area contributed by atoms with Crippen LogP contribution in [0.2, 0.25) is 0 Å². The van der Waals surface area contributed by atoms with Gasteiger partial charge in [0.05, 0.1) is 37.1 Å². The van der Waals surface area contributed by atoms with Gasteiger partial charge >= 0.3 is 11.9 Å². The molecule has 1 amide bonds. The number of Topliss-reactive ketones (excluding diaryl/α,β-unsaturated/α-hetero) is 3. The van der Waals surface area contributed by atoms with Crippen molar-refractivity contribution in [1.82, 2.24) is 4.90 Å². The third-order valence-corrected chi connectivity index (χ3v) is 14.9. The number of hydrogen-bond acceptors (Lipinski definition) is 15. The summed E-state index contributed by atoms with van der Waals surface area (Å²) < 4.78 is 23.8. The van der Waals surface area contributed by atoms with E-state index in [1.807, 2.05) is 26.0 Å². The van der Waals surface area contributed by atoms with Crippen LogP contribution in [0.15, 0.2) is 47.6 Å². The average Bonchev–Trinajstić information content (AvgIpc) is 3.32. The number of fused-ring (bicyclic) bond motifs is 3. The molecule has 16 nitrogen and oxygen atoms in total. The number of carbonyl (C=O) groups excluding carboxylic acids is 6. The molecular weight excluding hydrogens is 891 g/mol. The third kappa shape index (κ3) is 16.1. The molecule has 4 rings (SSSR count). The Bertz CT molecular complexity index is 1920. The average molecular weight is 972 g/mol. The molecule has 0 radical (unpaired) electrons. The zero-order valence-corrected chi connectivity index (χ0v) is 42.2. The molecule has 1 aliphatic carbocycles. The first kappa shape index (κ1) is 57.7. The topological polar surface area (TPSA) is 244 Å². The maximum Gasteiger partial charge on any atom is 0.329 e. The van der Waals surface area contributed by atoms with Crippen molar-refractivity contribution in [3.8, 4) is 0 Å². The first-order chi connectivity index (χ1) is 32.5. The van der Waals surface area contributed by atoms with Crippen molar-refractivity contribution in [2.75, 3.05) is 26.9 Å². The fourth-order valence-electron chi connectivity index (χ4n) is 9.84. The zero-order chi connectivity index (χ0) is 51.3. The van der Waals surface area contributed by atoms with Gasteiger partial charge in [-0.3, -0.25) is 24.0 Å². The van der Waals surface area contributed by atoms with E-state index in [0.29, 0.717) is 69.8 Å². The van der Waals surface area contributed by atoms with Gasteiger partial charge in [-0.1, -0.05) is 62.8 Å². The highest BCUT2D eigenvalue weighted by molar-refractivity contribution is 6.39. The summed E-state index contributed by atoms with van der Waals surface area (Å²) in [6.45, 7) is 10.7. The Balaban J connectivity index is 1.62. The third-order valence-electron chi connectivity index (χ3n) is 14.9. The van der Waals surface area contributed by atoms with Crippen LogP contribution in [0.25, 0.3) is 0 Å². The molecule has 1 unspecified atom stereocenters. The summed E-state index contributed by atoms with van der Waals surface area (Å²) in [5.74, 6) is -8.42. The molecule has 3 heterocycles. The van der Waals surface area contributed by atoms with Crippen LogP contribution in [-0.2, 0) is 47.7 Å². The maximum absolute atomic E-state index is 14.4. The summed E-state index contributed by atoms with van der Waals surface area (Å²) in [6.07, 6.45) is 11.3. The molecule has 16 heteroatoms. The number of methoxy groups -OCH3 is 1. The summed E-state index contributed by atoms with van der Waals surface area (Å²) in [6, 6.07) is -1.17. The van der Waals surface area contributed by atoms with E-state index in [1.165, 1.54) is 18.9 Å². The largest absolute Gasteiger partial charge is 0.460 e. The van der Waals surface area contributed by atoms with Crippen LogP contribution in [0.1, 0.15) is 145 Å². The number of ketones is 3. The molecule has 2 bridgehead atoms. The smallest absolute Gasteiger partial charge is 0.329 e. The number of carbonyl (C=O) groups is 6. The lowest BCUT2D eigenvalue weighted by Gasteiger charge is -2.42. The Hall–Kier alpha value is -3.90. The van der Waals surface area contributed by atoms with Crippen molar-refractivity contribution >= 4 is 35.2 Å². The Morgan fingerprint density at radius 2 is 1.65 bits per heavy atom. The van der Waals surface area contributed by atoms with Gasteiger partial charge in [0, 0.05) is 44.8 Å². The molecule has 12 atom stereocenters. The second-order valence-corrected chi connectivity index (χ2v) is 21.1. The number of amides is 1. The van der Waals surface area contributed by atoms with Gasteiger partial charge in [-0.2, -0.15) is 0 Å². The van der Waals surface area contributed by atoms with E-state index >= 15 is 0 Å². The molecule has 2 saturated heterocycles. The molecule has 5 N–H and O–H groups in total. The van der Waals surface area contributed by atoms with Crippen molar-refractivity contribution in [2.24, 2.45) is 29.1 Å². The second kappa shape index (κ2) is 26.0. The summed E-state index contributed by atoms with van der Waals surface area (Å²) in [5.41, 5.74) is -1.40. The Labute approximate surface area is 408 Å². The number of cyclic esters (lactones) is 1. The lowest BCUT2D eigenvalue weighted by molar-refractivity contribution is -0.263. The fraction of sp³-hybridized carbons (Fsp3) is 0.736. The number of allylic oxidation sites excluding steroid dienone is 6. The van der Waals surface area contributed by atoms with E-state index in [1.54, 1.807) is 52.0 Å². The van der Waals surface area contributed by atoms with Gasteiger partial charge in [-0.05, 0) is 122 Å². The molecule has 3 fully saturated rings. The lowest BCUT2D eigenvalue weighted by Crippen LogP contribution is -2.60. The number of rotatable bonds is 8. The van der Waals surface area contributed by atoms with Crippen LogP contribution in [0.5, 0.6) is 0 Å². The van der Waals surface area contributed by atoms with E-state index < -0.39 is 108 Å². The normalized spacial score (nSPS) is 36.7. The highest BCUT2D eigenvalue weighted by atomic mass is 16.6. The van der Waals surface area contributed by atoms with Crippen molar-refractivity contribution < 1.29 is 73.2 Å². The summed E-state index contributed by atoms with van der Waals surface area (Å²) in [4.78, 5) is 83.8. The minimum Gasteiger partial charge on any atom is -0.460 e. The van der Waals surface area contributed by atoms with Crippen molar-refractivity contribution in [3.63, 3.8) is 0 Å². The summed E-state index contributed by atoms with van der Waals surface area (Å²) in [7, 11) is 1.50. The minimum atomic E-state index is -2.41. The number of aliphatic hydroxyl groups is 5. The molecule has 388 valence electrons. The summed E-state index contributed by atoms with van der Waals surface area (Å²) >= 11 is 0.